The molecule has 0 unspecified atom stereocenters. The van der Waals surface area contributed by atoms with Crippen LogP contribution in [0.1, 0.15) is 47.1 Å². The number of aromatic nitrogens is 6. The number of nitrogens with zero attached hydrogens (tertiary/aromatic N) is 6. The molecule has 9 heteroatoms. The third-order valence-electron chi connectivity index (χ3n) is 4.94. The number of imidazole rings is 1. The van der Waals surface area contributed by atoms with Gasteiger partial charge in [-0.05, 0) is 56.5 Å². The topological polar surface area (TPSA) is 90.5 Å². The number of hydrogen-bond donors (Lipinski definition) is 1. The van der Waals surface area contributed by atoms with Gasteiger partial charge in [-0.25, -0.2) is 14.4 Å². The van der Waals surface area contributed by atoms with Crippen molar-refractivity contribution in [3.63, 3.8) is 0 Å². The lowest BCUT2D eigenvalue weighted by molar-refractivity contribution is 0.102. The van der Waals surface area contributed by atoms with E-state index in [0.29, 0.717) is 28.3 Å². The summed E-state index contributed by atoms with van der Waals surface area (Å²) < 4.78 is 18.3. The molecule has 0 atom stereocenters. The van der Waals surface area contributed by atoms with Gasteiger partial charge >= 0.3 is 0 Å². The SMILES string of the molecule is Cc1cc(F)c(C(=O)Nc2cccc(-c3nncn3C(C)C)n2)cc1C#Cc1cn(C)cn1. The predicted octanol–water partition coefficient (Wildman–Crippen LogP) is 3.75. The van der Waals surface area contributed by atoms with Crippen molar-refractivity contribution in [2.24, 2.45) is 7.05 Å². The smallest absolute Gasteiger partial charge is 0.259 e. The lowest BCUT2D eigenvalue weighted by Crippen LogP contribution is -2.15. The van der Waals surface area contributed by atoms with Crippen LogP contribution < -0.4 is 5.32 Å². The van der Waals surface area contributed by atoms with Gasteiger partial charge in [0.25, 0.3) is 5.91 Å². The van der Waals surface area contributed by atoms with Gasteiger partial charge in [-0.2, -0.15) is 0 Å². The highest BCUT2D eigenvalue weighted by atomic mass is 19.1. The van der Waals surface area contributed by atoms with Crippen molar-refractivity contribution >= 4 is 11.7 Å². The van der Waals surface area contributed by atoms with E-state index in [1.165, 1.54) is 12.1 Å². The average molecular weight is 443 g/mol. The van der Waals surface area contributed by atoms with Crippen LogP contribution >= 0.6 is 0 Å². The van der Waals surface area contributed by atoms with Gasteiger partial charge in [0.2, 0.25) is 0 Å². The minimum absolute atomic E-state index is 0.122. The first kappa shape index (κ1) is 21.9. The van der Waals surface area contributed by atoms with Crippen LogP contribution in [0.2, 0.25) is 0 Å². The minimum Gasteiger partial charge on any atom is -0.339 e. The highest BCUT2D eigenvalue weighted by molar-refractivity contribution is 6.04. The van der Waals surface area contributed by atoms with Gasteiger partial charge < -0.3 is 14.5 Å². The van der Waals surface area contributed by atoms with Crippen molar-refractivity contribution < 1.29 is 9.18 Å². The van der Waals surface area contributed by atoms with E-state index in [0.717, 1.165) is 0 Å². The lowest BCUT2D eigenvalue weighted by atomic mass is 10.0. The van der Waals surface area contributed by atoms with Gasteiger partial charge in [0.05, 0.1) is 11.9 Å². The second kappa shape index (κ2) is 9.04. The summed E-state index contributed by atoms with van der Waals surface area (Å²) >= 11 is 0. The van der Waals surface area contributed by atoms with Crippen LogP contribution in [0.15, 0.2) is 49.2 Å². The van der Waals surface area contributed by atoms with Gasteiger partial charge in [-0.1, -0.05) is 12.0 Å². The number of carbonyl (C=O) groups is 1. The van der Waals surface area contributed by atoms with Crippen LogP contribution in [-0.2, 0) is 7.05 Å². The molecule has 33 heavy (non-hydrogen) atoms. The van der Waals surface area contributed by atoms with Crippen molar-refractivity contribution in [2.45, 2.75) is 26.8 Å². The van der Waals surface area contributed by atoms with Gasteiger partial charge in [-0.3, -0.25) is 4.79 Å². The fraction of sp³-hybridized carbons (Fsp3) is 0.208. The summed E-state index contributed by atoms with van der Waals surface area (Å²) in [6, 6.07) is 8.03. The molecule has 1 amide bonds. The molecule has 1 aromatic carbocycles. The number of nitrogens with one attached hydrogen (secondary N) is 1. The number of anilines is 1. The molecule has 3 heterocycles. The largest absolute Gasteiger partial charge is 0.339 e. The van der Waals surface area contributed by atoms with E-state index < -0.39 is 11.7 Å². The summed E-state index contributed by atoms with van der Waals surface area (Å²) in [5.74, 6) is 5.50. The fourth-order valence-corrected chi connectivity index (χ4v) is 3.21. The second-order valence-corrected chi connectivity index (χ2v) is 7.84. The Bertz CT molecular complexity index is 1390. The Balaban J connectivity index is 1.60. The zero-order valence-corrected chi connectivity index (χ0v) is 18.7. The number of pyridine rings is 1. The van der Waals surface area contributed by atoms with Crippen molar-refractivity contribution in [1.82, 2.24) is 29.3 Å². The van der Waals surface area contributed by atoms with Crippen molar-refractivity contribution in [3.8, 4) is 23.4 Å². The first-order valence-electron chi connectivity index (χ1n) is 10.3. The van der Waals surface area contributed by atoms with E-state index in [2.05, 4.69) is 37.3 Å². The molecule has 3 aromatic heterocycles. The zero-order valence-electron chi connectivity index (χ0n) is 18.7. The van der Waals surface area contributed by atoms with Crippen LogP contribution in [0.3, 0.4) is 0 Å². The second-order valence-electron chi connectivity index (χ2n) is 7.84. The van der Waals surface area contributed by atoms with E-state index in [4.69, 9.17) is 0 Å². The van der Waals surface area contributed by atoms with Gasteiger partial charge in [0, 0.05) is 24.8 Å². The summed E-state index contributed by atoms with van der Waals surface area (Å²) in [5, 5.41) is 10.7. The summed E-state index contributed by atoms with van der Waals surface area (Å²) in [7, 11) is 1.85. The standard InChI is InChI=1S/C24H22FN7O/c1-15(2)32-14-27-30-23(32)21-6-5-7-22(28-21)29-24(33)19-11-17(16(3)10-20(19)25)8-9-18-12-31(4)13-26-18/h5-7,10-15H,1-4H3,(H,28,29,33). The number of carbonyl (C=O) groups excluding carboxylic acids is 1. The summed E-state index contributed by atoms with van der Waals surface area (Å²) in [6.45, 7) is 5.75. The molecule has 0 aliphatic heterocycles. The lowest BCUT2D eigenvalue weighted by Gasteiger charge is -2.11. The molecule has 4 aromatic rings. The van der Waals surface area contributed by atoms with Gasteiger partial charge in [-0.15, -0.1) is 10.2 Å². The predicted molar refractivity (Wildman–Crippen MR) is 122 cm³/mol. The highest BCUT2D eigenvalue weighted by Crippen LogP contribution is 2.21. The van der Waals surface area contributed by atoms with E-state index >= 15 is 0 Å². The van der Waals surface area contributed by atoms with E-state index in [-0.39, 0.29) is 17.4 Å². The Morgan fingerprint density at radius 3 is 2.73 bits per heavy atom. The molecule has 0 aliphatic rings. The third kappa shape index (κ3) is 4.80. The summed E-state index contributed by atoms with van der Waals surface area (Å²) in [6.07, 6.45) is 5.05. The number of rotatable bonds is 4. The van der Waals surface area contributed by atoms with E-state index in [9.17, 15) is 9.18 Å². The number of amides is 1. The molecule has 8 nitrogen and oxygen atoms in total. The number of benzene rings is 1. The number of halogens is 1. The summed E-state index contributed by atoms with van der Waals surface area (Å²) in [5.41, 5.74) is 2.18. The minimum atomic E-state index is -0.635. The molecular formula is C24H22FN7O. The van der Waals surface area contributed by atoms with Crippen LogP contribution in [0, 0.1) is 24.6 Å². The molecule has 0 bridgehead atoms. The van der Waals surface area contributed by atoms with Crippen molar-refractivity contribution in [3.05, 3.63) is 77.4 Å². The quantitative estimate of drug-likeness (QED) is 0.485. The van der Waals surface area contributed by atoms with Crippen LogP contribution in [-0.4, -0.2) is 35.2 Å². The Kier molecular flexibility index (Phi) is 6.00. The van der Waals surface area contributed by atoms with Crippen LogP contribution in [0.5, 0.6) is 0 Å². The molecular weight excluding hydrogens is 421 g/mol. The monoisotopic (exact) mass is 443 g/mol. The molecule has 0 saturated heterocycles. The molecule has 4 rings (SSSR count). The number of aryl methyl sites for hydroxylation is 2. The van der Waals surface area contributed by atoms with Gasteiger partial charge in [0.1, 0.15) is 29.4 Å². The molecule has 1 N–H and O–H groups in total. The van der Waals surface area contributed by atoms with Crippen molar-refractivity contribution in [1.29, 1.82) is 0 Å². The number of hydrogen-bond acceptors (Lipinski definition) is 5. The Labute approximate surface area is 190 Å². The van der Waals surface area contributed by atoms with Gasteiger partial charge in [0.15, 0.2) is 5.82 Å². The maximum Gasteiger partial charge on any atom is 0.259 e. The first-order valence-corrected chi connectivity index (χ1v) is 10.3. The van der Waals surface area contributed by atoms with Crippen LogP contribution in [0.25, 0.3) is 11.5 Å². The Morgan fingerprint density at radius 2 is 2.00 bits per heavy atom. The van der Waals surface area contributed by atoms with Crippen LogP contribution in [0.4, 0.5) is 10.2 Å². The summed E-state index contributed by atoms with van der Waals surface area (Å²) in [4.78, 5) is 21.5. The first-order chi connectivity index (χ1) is 15.8. The van der Waals surface area contributed by atoms with E-state index in [1.807, 2.05) is 25.5 Å². The molecule has 0 aliphatic carbocycles. The van der Waals surface area contributed by atoms with E-state index in [1.54, 1.807) is 48.5 Å². The Morgan fingerprint density at radius 1 is 1.18 bits per heavy atom. The fourth-order valence-electron chi connectivity index (χ4n) is 3.21. The van der Waals surface area contributed by atoms with Crippen molar-refractivity contribution in [2.75, 3.05) is 5.32 Å². The maximum absolute atomic E-state index is 14.6. The normalized spacial score (nSPS) is 10.7. The highest BCUT2D eigenvalue weighted by Gasteiger charge is 2.16. The molecule has 0 saturated carbocycles. The third-order valence-corrected chi connectivity index (χ3v) is 4.94. The molecule has 0 fully saturated rings. The average Bonchev–Trinajstić information content (AvgIpc) is 3.42. The molecule has 0 spiro atoms. The zero-order chi connectivity index (χ0) is 23.5. The Hall–Kier alpha value is -4.32. The maximum atomic E-state index is 14.6. The molecule has 166 valence electrons. The molecule has 0 radical (unpaired) electrons.